The molecule has 0 amide bonds. The fourth-order valence-electron chi connectivity index (χ4n) is 2.02. The standard InChI is InChI=1S/C10H16O4/c1-9(2,3)7-10(4,8(12)13)5-6(11)14-7/h7H,5H2,1-4H3,(H,12,13)/t7-,10-/m1/s1. The molecule has 4 nitrogen and oxygen atoms in total. The fourth-order valence-corrected chi connectivity index (χ4v) is 2.02. The second-order valence-corrected chi connectivity index (χ2v) is 5.14. The lowest BCUT2D eigenvalue weighted by atomic mass is 9.72. The topological polar surface area (TPSA) is 63.6 Å². The number of cyclic esters (lactones) is 1. The molecule has 1 rings (SSSR count). The third kappa shape index (κ3) is 1.61. The molecule has 1 N–H and O–H groups in total. The maximum absolute atomic E-state index is 11.1. The number of ether oxygens (including phenoxy) is 1. The maximum atomic E-state index is 11.1. The molecule has 0 aromatic carbocycles. The first-order valence-electron chi connectivity index (χ1n) is 4.61. The molecule has 0 spiro atoms. The van der Waals surface area contributed by atoms with Crippen molar-refractivity contribution >= 4 is 11.9 Å². The highest BCUT2D eigenvalue weighted by Gasteiger charge is 2.55. The number of carboxylic acids is 1. The second-order valence-electron chi connectivity index (χ2n) is 5.14. The van der Waals surface area contributed by atoms with E-state index in [9.17, 15) is 9.59 Å². The van der Waals surface area contributed by atoms with Gasteiger partial charge in [0.15, 0.2) is 0 Å². The molecule has 1 saturated heterocycles. The van der Waals surface area contributed by atoms with Gasteiger partial charge in [-0.3, -0.25) is 9.59 Å². The van der Waals surface area contributed by atoms with Crippen LogP contribution in [0.5, 0.6) is 0 Å². The van der Waals surface area contributed by atoms with Crippen LogP contribution in [0, 0.1) is 10.8 Å². The van der Waals surface area contributed by atoms with Gasteiger partial charge < -0.3 is 9.84 Å². The van der Waals surface area contributed by atoms with Gasteiger partial charge in [0.2, 0.25) is 0 Å². The lowest BCUT2D eigenvalue weighted by Crippen LogP contribution is -2.43. The normalized spacial score (nSPS) is 32.9. The van der Waals surface area contributed by atoms with Crippen molar-refractivity contribution in [3.05, 3.63) is 0 Å². The van der Waals surface area contributed by atoms with Crippen LogP contribution in [0.4, 0.5) is 0 Å². The maximum Gasteiger partial charge on any atom is 0.313 e. The number of carbonyl (C=O) groups excluding carboxylic acids is 1. The predicted molar refractivity (Wildman–Crippen MR) is 49.7 cm³/mol. The lowest BCUT2D eigenvalue weighted by Gasteiger charge is -2.34. The summed E-state index contributed by atoms with van der Waals surface area (Å²) in [6.07, 6.45) is -0.593. The quantitative estimate of drug-likeness (QED) is 0.650. The molecule has 1 fully saturated rings. The smallest absolute Gasteiger partial charge is 0.313 e. The van der Waals surface area contributed by atoms with E-state index in [1.54, 1.807) is 6.92 Å². The number of aliphatic carboxylic acids is 1. The molecule has 0 aromatic rings. The van der Waals surface area contributed by atoms with Crippen molar-refractivity contribution in [2.45, 2.75) is 40.2 Å². The van der Waals surface area contributed by atoms with Crippen LogP contribution in [0.1, 0.15) is 34.1 Å². The highest BCUT2D eigenvalue weighted by atomic mass is 16.6. The van der Waals surface area contributed by atoms with E-state index in [2.05, 4.69) is 0 Å². The van der Waals surface area contributed by atoms with Gasteiger partial charge in [-0.15, -0.1) is 0 Å². The Kier molecular flexibility index (Phi) is 2.34. The molecular weight excluding hydrogens is 184 g/mol. The van der Waals surface area contributed by atoms with Crippen LogP contribution in [-0.2, 0) is 14.3 Å². The van der Waals surface area contributed by atoms with Crippen molar-refractivity contribution in [1.82, 2.24) is 0 Å². The second kappa shape index (κ2) is 2.97. The summed E-state index contributed by atoms with van der Waals surface area (Å²) in [7, 11) is 0. The van der Waals surface area contributed by atoms with Crippen LogP contribution < -0.4 is 0 Å². The zero-order valence-corrected chi connectivity index (χ0v) is 8.96. The Morgan fingerprint density at radius 1 is 1.57 bits per heavy atom. The summed E-state index contributed by atoms with van der Waals surface area (Å²) in [5.41, 5.74) is -1.44. The Balaban J connectivity index is 3.06. The molecule has 1 aliphatic heterocycles. The van der Waals surface area contributed by atoms with Gasteiger partial charge in [0.05, 0.1) is 6.42 Å². The minimum Gasteiger partial charge on any atom is -0.481 e. The number of carbonyl (C=O) groups is 2. The van der Waals surface area contributed by atoms with Crippen LogP contribution in [0.25, 0.3) is 0 Å². The Morgan fingerprint density at radius 2 is 2.07 bits per heavy atom. The molecule has 0 aromatic heterocycles. The fraction of sp³-hybridized carbons (Fsp3) is 0.800. The minimum atomic E-state index is -1.09. The van der Waals surface area contributed by atoms with E-state index in [0.717, 1.165) is 0 Å². The van der Waals surface area contributed by atoms with E-state index in [1.165, 1.54) is 0 Å². The van der Waals surface area contributed by atoms with Crippen LogP contribution in [0.2, 0.25) is 0 Å². The molecule has 80 valence electrons. The largest absolute Gasteiger partial charge is 0.481 e. The molecule has 4 heteroatoms. The molecule has 1 heterocycles. The average molecular weight is 200 g/mol. The number of hydrogen-bond acceptors (Lipinski definition) is 3. The summed E-state index contributed by atoms with van der Waals surface area (Å²) in [4.78, 5) is 22.2. The summed E-state index contributed by atoms with van der Waals surface area (Å²) < 4.78 is 5.08. The first-order chi connectivity index (χ1) is 6.18. The minimum absolute atomic E-state index is 0.0374. The molecule has 0 radical (unpaired) electrons. The van der Waals surface area contributed by atoms with E-state index >= 15 is 0 Å². The molecule has 1 aliphatic rings. The molecule has 14 heavy (non-hydrogen) atoms. The van der Waals surface area contributed by atoms with Crippen molar-refractivity contribution in [2.75, 3.05) is 0 Å². The van der Waals surface area contributed by atoms with Crippen molar-refractivity contribution in [2.24, 2.45) is 10.8 Å². The summed E-state index contributed by atoms with van der Waals surface area (Å²) in [6.45, 7) is 7.18. The van der Waals surface area contributed by atoms with Gasteiger partial charge in [-0.05, 0) is 6.92 Å². The Labute approximate surface area is 83.2 Å². The van der Waals surface area contributed by atoms with E-state index in [-0.39, 0.29) is 11.8 Å². The van der Waals surface area contributed by atoms with Crippen LogP contribution in [0.3, 0.4) is 0 Å². The van der Waals surface area contributed by atoms with E-state index in [4.69, 9.17) is 9.84 Å². The molecule has 0 unspecified atom stereocenters. The highest BCUT2D eigenvalue weighted by molar-refractivity contribution is 5.85. The molecule has 0 bridgehead atoms. The number of hydrogen-bond donors (Lipinski definition) is 1. The monoisotopic (exact) mass is 200 g/mol. The lowest BCUT2D eigenvalue weighted by molar-refractivity contribution is -0.157. The van der Waals surface area contributed by atoms with Crippen molar-refractivity contribution in [3.8, 4) is 0 Å². The van der Waals surface area contributed by atoms with Crippen LogP contribution in [0.15, 0.2) is 0 Å². The zero-order chi connectivity index (χ0) is 11.1. The van der Waals surface area contributed by atoms with Crippen LogP contribution in [-0.4, -0.2) is 23.1 Å². The SMILES string of the molecule is CC(C)(C)[C@H]1OC(=O)C[C@@]1(C)C(=O)O. The van der Waals surface area contributed by atoms with Gasteiger partial charge in [0, 0.05) is 5.41 Å². The van der Waals surface area contributed by atoms with Crippen molar-refractivity contribution in [1.29, 1.82) is 0 Å². The van der Waals surface area contributed by atoms with E-state index in [0.29, 0.717) is 0 Å². The number of carboxylic acid groups (broad SMARTS) is 1. The van der Waals surface area contributed by atoms with Gasteiger partial charge in [0.1, 0.15) is 11.5 Å². The Hall–Kier alpha value is -1.06. The number of esters is 1. The van der Waals surface area contributed by atoms with E-state index < -0.39 is 23.5 Å². The Morgan fingerprint density at radius 3 is 2.36 bits per heavy atom. The number of rotatable bonds is 1. The van der Waals surface area contributed by atoms with Gasteiger partial charge >= 0.3 is 11.9 Å². The first kappa shape index (κ1) is 11.0. The van der Waals surface area contributed by atoms with Gasteiger partial charge in [-0.2, -0.15) is 0 Å². The summed E-state index contributed by atoms with van der Waals surface area (Å²) in [6, 6.07) is 0. The van der Waals surface area contributed by atoms with E-state index in [1.807, 2.05) is 20.8 Å². The Bertz CT molecular complexity index is 276. The highest BCUT2D eigenvalue weighted by Crippen LogP contribution is 2.44. The van der Waals surface area contributed by atoms with Crippen LogP contribution >= 0.6 is 0 Å². The van der Waals surface area contributed by atoms with Gasteiger partial charge in [0.25, 0.3) is 0 Å². The third-order valence-electron chi connectivity index (χ3n) is 2.61. The van der Waals surface area contributed by atoms with Gasteiger partial charge in [-0.25, -0.2) is 0 Å². The molecular formula is C10H16O4. The summed E-state index contributed by atoms with van der Waals surface area (Å²) >= 11 is 0. The zero-order valence-electron chi connectivity index (χ0n) is 8.96. The summed E-state index contributed by atoms with van der Waals surface area (Å²) in [5.74, 6) is -1.39. The molecule has 0 saturated carbocycles. The van der Waals surface area contributed by atoms with Gasteiger partial charge in [-0.1, -0.05) is 20.8 Å². The molecule has 0 aliphatic carbocycles. The third-order valence-corrected chi connectivity index (χ3v) is 2.61. The molecule has 2 atom stereocenters. The van der Waals surface area contributed by atoms with Crippen molar-refractivity contribution in [3.63, 3.8) is 0 Å². The van der Waals surface area contributed by atoms with Crippen molar-refractivity contribution < 1.29 is 19.4 Å². The summed E-state index contributed by atoms with van der Waals surface area (Å²) in [5, 5.41) is 9.09. The predicted octanol–water partition coefficient (Wildman–Crippen LogP) is 1.44. The average Bonchev–Trinajstić information content (AvgIpc) is 2.26. The first-order valence-corrected chi connectivity index (χ1v) is 4.61.